The molecule has 0 aliphatic carbocycles. The number of rotatable bonds is 2. The Labute approximate surface area is 178 Å². The first kappa shape index (κ1) is 20.8. The molecule has 1 aromatic rings. The second-order valence-corrected chi connectivity index (χ2v) is 9.92. The molecule has 0 radical (unpaired) electrons. The van der Waals surface area contributed by atoms with Crippen LogP contribution < -0.4 is 10.2 Å². The van der Waals surface area contributed by atoms with Gasteiger partial charge in [-0.1, -0.05) is 0 Å². The topological polar surface area (TPSA) is 73.0 Å². The molecule has 0 bridgehead atoms. The molecule has 0 spiro atoms. The fourth-order valence-electron chi connectivity index (χ4n) is 5.10. The Morgan fingerprint density at radius 2 is 1.70 bits per heavy atom. The van der Waals surface area contributed by atoms with Crippen molar-refractivity contribution in [2.24, 2.45) is 0 Å². The lowest BCUT2D eigenvalue weighted by Crippen LogP contribution is -2.61. The first-order chi connectivity index (χ1) is 14.1. The number of carbonyl (C=O) groups excluding carboxylic acids is 3. The van der Waals surface area contributed by atoms with Gasteiger partial charge in [0.25, 0.3) is 5.91 Å². The van der Waals surface area contributed by atoms with E-state index in [0.717, 1.165) is 24.3 Å². The Balaban J connectivity index is 1.55. The van der Waals surface area contributed by atoms with Gasteiger partial charge in [0.2, 0.25) is 11.8 Å². The van der Waals surface area contributed by atoms with Gasteiger partial charge in [0, 0.05) is 54.9 Å². The molecule has 3 aliphatic heterocycles. The van der Waals surface area contributed by atoms with Crippen molar-refractivity contribution in [2.75, 3.05) is 18.0 Å². The normalized spacial score (nSPS) is 28.0. The number of piperidine rings is 1. The molecular formula is C23H32N4O3. The summed E-state index contributed by atoms with van der Waals surface area (Å²) in [6.45, 7) is 13.7. The lowest BCUT2D eigenvalue weighted by Gasteiger charge is -2.50. The highest BCUT2D eigenvalue weighted by molar-refractivity contribution is 6.05. The molecule has 3 heterocycles. The molecule has 2 fully saturated rings. The van der Waals surface area contributed by atoms with Gasteiger partial charge in [0.1, 0.15) is 6.04 Å². The lowest BCUT2D eigenvalue weighted by atomic mass is 9.98. The molecule has 3 atom stereocenters. The van der Waals surface area contributed by atoms with Crippen LogP contribution in [0.25, 0.3) is 0 Å². The van der Waals surface area contributed by atoms with Gasteiger partial charge >= 0.3 is 0 Å². The van der Waals surface area contributed by atoms with Crippen LogP contribution >= 0.6 is 0 Å². The first-order valence-corrected chi connectivity index (χ1v) is 10.9. The second kappa shape index (κ2) is 7.38. The minimum absolute atomic E-state index is 0.121. The molecule has 30 heavy (non-hydrogen) atoms. The van der Waals surface area contributed by atoms with E-state index in [-0.39, 0.29) is 29.7 Å². The average molecular weight is 413 g/mol. The quantitative estimate of drug-likeness (QED) is 0.754. The predicted molar refractivity (Wildman–Crippen MR) is 115 cm³/mol. The Bertz CT molecular complexity index is 879. The van der Waals surface area contributed by atoms with Crippen molar-refractivity contribution in [3.05, 3.63) is 29.3 Å². The Morgan fingerprint density at radius 1 is 1.03 bits per heavy atom. The number of piperazine rings is 1. The SMILES string of the molecule is CC1CN(C(C)(C)C)CC(C)N1c1ccc2c(c1)CN(C1CCC(=O)NC1=O)C2=O. The maximum Gasteiger partial charge on any atom is 0.255 e. The van der Waals surface area contributed by atoms with Crippen LogP contribution in [-0.4, -0.2) is 64.3 Å². The minimum Gasteiger partial charge on any atom is -0.364 e. The van der Waals surface area contributed by atoms with Crippen molar-refractivity contribution < 1.29 is 14.4 Å². The fourth-order valence-corrected chi connectivity index (χ4v) is 5.10. The van der Waals surface area contributed by atoms with Crippen LogP contribution in [0.15, 0.2) is 18.2 Å². The van der Waals surface area contributed by atoms with Crippen molar-refractivity contribution in [3.63, 3.8) is 0 Å². The molecule has 7 nitrogen and oxygen atoms in total. The fraction of sp³-hybridized carbons (Fsp3) is 0.609. The van der Waals surface area contributed by atoms with Gasteiger partial charge in [-0.3, -0.25) is 24.6 Å². The summed E-state index contributed by atoms with van der Waals surface area (Å²) in [6, 6.07) is 6.18. The number of nitrogens with one attached hydrogen (secondary N) is 1. The molecule has 0 saturated carbocycles. The van der Waals surface area contributed by atoms with E-state index in [4.69, 9.17) is 0 Å². The summed E-state index contributed by atoms with van der Waals surface area (Å²) in [5.41, 5.74) is 2.89. The zero-order valence-corrected chi connectivity index (χ0v) is 18.6. The zero-order chi connectivity index (χ0) is 21.8. The first-order valence-electron chi connectivity index (χ1n) is 10.9. The highest BCUT2D eigenvalue weighted by atomic mass is 16.2. The van der Waals surface area contributed by atoms with Crippen LogP contribution in [-0.2, 0) is 16.1 Å². The number of imide groups is 1. The monoisotopic (exact) mass is 412 g/mol. The molecule has 3 unspecified atom stereocenters. The van der Waals surface area contributed by atoms with Crippen LogP contribution in [0.2, 0.25) is 0 Å². The zero-order valence-electron chi connectivity index (χ0n) is 18.6. The van der Waals surface area contributed by atoms with E-state index in [1.807, 2.05) is 12.1 Å². The number of benzene rings is 1. The van der Waals surface area contributed by atoms with Crippen molar-refractivity contribution in [1.29, 1.82) is 0 Å². The number of carbonyl (C=O) groups is 3. The molecule has 1 N–H and O–H groups in total. The van der Waals surface area contributed by atoms with Crippen molar-refractivity contribution in [2.45, 2.75) is 77.7 Å². The number of amides is 3. The van der Waals surface area contributed by atoms with E-state index in [2.05, 4.69) is 55.8 Å². The van der Waals surface area contributed by atoms with Gasteiger partial charge in [-0.05, 0) is 64.8 Å². The molecule has 3 amide bonds. The molecule has 2 saturated heterocycles. The Morgan fingerprint density at radius 3 is 2.30 bits per heavy atom. The van der Waals surface area contributed by atoms with Crippen LogP contribution in [0.1, 0.15) is 63.4 Å². The third kappa shape index (κ3) is 3.60. The second-order valence-electron chi connectivity index (χ2n) is 9.92. The summed E-state index contributed by atoms with van der Waals surface area (Å²) >= 11 is 0. The van der Waals surface area contributed by atoms with Crippen molar-refractivity contribution in [3.8, 4) is 0 Å². The number of fused-ring (bicyclic) bond motifs is 1. The summed E-state index contributed by atoms with van der Waals surface area (Å²) in [6.07, 6.45) is 0.662. The van der Waals surface area contributed by atoms with Gasteiger partial charge in [-0.2, -0.15) is 0 Å². The lowest BCUT2D eigenvalue weighted by molar-refractivity contribution is -0.136. The largest absolute Gasteiger partial charge is 0.364 e. The van der Waals surface area contributed by atoms with E-state index < -0.39 is 6.04 Å². The maximum absolute atomic E-state index is 12.9. The highest BCUT2D eigenvalue weighted by Crippen LogP contribution is 2.33. The summed E-state index contributed by atoms with van der Waals surface area (Å²) in [5.74, 6) is -0.752. The van der Waals surface area contributed by atoms with Gasteiger partial charge in [0.15, 0.2) is 0 Å². The molecule has 3 aliphatic rings. The molecule has 1 aromatic carbocycles. The summed E-state index contributed by atoms with van der Waals surface area (Å²) < 4.78 is 0. The van der Waals surface area contributed by atoms with Crippen LogP contribution in [0.4, 0.5) is 5.69 Å². The molecular weight excluding hydrogens is 380 g/mol. The molecule has 0 aromatic heterocycles. The Hall–Kier alpha value is -2.41. The summed E-state index contributed by atoms with van der Waals surface area (Å²) in [5, 5.41) is 2.36. The van der Waals surface area contributed by atoms with E-state index in [1.165, 1.54) is 0 Å². The van der Waals surface area contributed by atoms with E-state index in [0.29, 0.717) is 30.6 Å². The van der Waals surface area contributed by atoms with Gasteiger partial charge in [-0.25, -0.2) is 0 Å². The molecule has 162 valence electrons. The Kier molecular flexibility index (Phi) is 5.12. The van der Waals surface area contributed by atoms with Crippen LogP contribution in [0, 0.1) is 0 Å². The third-order valence-electron chi connectivity index (χ3n) is 6.67. The molecule has 4 rings (SSSR count). The van der Waals surface area contributed by atoms with E-state index >= 15 is 0 Å². The number of hydrogen-bond donors (Lipinski definition) is 1. The van der Waals surface area contributed by atoms with Gasteiger partial charge in [0.05, 0.1) is 0 Å². The van der Waals surface area contributed by atoms with E-state index in [1.54, 1.807) is 4.90 Å². The van der Waals surface area contributed by atoms with Gasteiger partial charge < -0.3 is 9.80 Å². The smallest absolute Gasteiger partial charge is 0.255 e. The maximum atomic E-state index is 12.9. The molecule has 7 heteroatoms. The van der Waals surface area contributed by atoms with Crippen LogP contribution in [0.5, 0.6) is 0 Å². The van der Waals surface area contributed by atoms with Gasteiger partial charge in [-0.15, -0.1) is 0 Å². The van der Waals surface area contributed by atoms with E-state index in [9.17, 15) is 14.4 Å². The number of nitrogens with zero attached hydrogens (tertiary/aromatic N) is 3. The summed E-state index contributed by atoms with van der Waals surface area (Å²) in [4.78, 5) is 43.2. The summed E-state index contributed by atoms with van der Waals surface area (Å²) in [7, 11) is 0. The number of anilines is 1. The highest BCUT2D eigenvalue weighted by Gasteiger charge is 2.40. The minimum atomic E-state index is -0.570. The standard InChI is InChI=1S/C23H32N4O3/c1-14-11-25(23(3,4)5)12-15(2)27(14)17-6-7-18-16(10-17)13-26(22(18)30)19-8-9-20(28)24-21(19)29/h6-7,10,14-15,19H,8-9,11-13H2,1-5H3,(H,24,28,29). The number of hydrogen-bond acceptors (Lipinski definition) is 5. The third-order valence-corrected chi connectivity index (χ3v) is 6.67. The van der Waals surface area contributed by atoms with Crippen LogP contribution in [0.3, 0.4) is 0 Å². The van der Waals surface area contributed by atoms with Crippen molar-refractivity contribution >= 4 is 23.4 Å². The predicted octanol–water partition coefficient (Wildman–Crippen LogP) is 2.15. The van der Waals surface area contributed by atoms with Crippen molar-refractivity contribution in [1.82, 2.24) is 15.1 Å². The average Bonchev–Trinajstić information content (AvgIpc) is 2.96.